The van der Waals surface area contributed by atoms with E-state index >= 15 is 0 Å². The minimum Gasteiger partial charge on any atom is -0.351 e. The van der Waals surface area contributed by atoms with Crippen LogP contribution in [0.25, 0.3) is 0 Å². The van der Waals surface area contributed by atoms with Crippen molar-refractivity contribution in [2.75, 3.05) is 6.54 Å². The van der Waals surface area contributed by atoms with Gasteiger partial charge >= 0.3 is 0 Å². The molecule has 1 aromatic rings. The predicted octanol–water partition coefficient (Wildman–Crippen LogP) is 2.64. The molecule has 1 fully saturated rings. The van der Waals surface area contributed by atoms with E-state index in [1.165, 1.54) is 12.8 Å². The Morgan fingerprint density at radius 2 is 2.20 bits per heavy atom. The second kappa shape index (κ2) is 6.92. The van der Waals surface area contributed by atoms with E-state index in [2.05, 4.69) is 24.1 Å². The maximum absolute atomic E-state index is 12.4. The lowest BCUT2D eigenvalue weighted by Gasteiger charge is -2.25. The number of hydrogen-bond donors (Lipinski definition) is 2. The van der Waals surface area contributed by atoms with Gasteiger partial charge in [-0.05, 0) is 31.4 Å². The number of thiophene rings is 1. The molecule has 0 aromatic carbocycles. The van der Waals surface area contributed by atoms with Crippen LogP contribution < -0.4 is 11.1 Å². The molecule has 1 aliphatic rings. The van der Waals surface area contributed by atoms with Crippen LogP contribution in [0.2, 0.25) is 0 Å². The largest absolute Gasteiger partial charge is 0.351 e. The van der Waals surface area contributed by atoms with Gasteiger partial charge in [-0.25, -0.2) is 0 Å². The van der Waals surface area contributed by atoms with E-state index in [-0.39, 0.29) is 11.3 Å². The topological polar surface area (TPSA) is 55.1 Å². The Bertz CT molecular complexity index is 518. The summed E-state index contributed by atoms with van der Waals surface area (Å²) >= 11 is 1.62. The Labute approximate surface area is 124 Å². The third-order valence-electron chi connectivity index (χ3n) is 4.12. The summed E-state index contributed by atoms with van der Waals surface area (Å²) in [5, 5.41) is 3.10. The van der Waals surface area contributed by atoms with Crippen LogP contribution in [0.5, 0.6) is 0 Å². The number of carbonyl (C=O) groups is 1. The zero-order valence-electron chi connectivity index (χ0n) is 12.0. The van der Waals surface area contributed by atoms with Gasteiger partial charge < -0.3 is 11.1 Å². The summed E-state index contributed by atoms with van der Waals surface area (Å²) in [4.78, 5) is 14.5. The second-order valence-electron chi connectivity index (χ2n) is 5.30. The van der Waals surface area contributed by atoms with Crippen LogP contribution in [0.4, 0.5) is 0 Å². The van der Waals surface area contributed by atoms with E-state index in [4.69, 9.17) is 5.73 Å². The summed E-state index contributed by atoms with van der Waals surface area (Å²) in [6.45, 7) is 3.11. The molecule has 20 heavy (non-hydrogen) atoms. The highest BCUT2D eigenvalue weighted by atomic mass is 32.1. The Hall–Kier alpha value is -1.31. The van der Waals surface area contributed by atoms with Crippen LogP contribution >= 0.6 is 11.3 Å². The van der Waals surface area contributed by atoms with Crippen molar-refractivity contribution in [2.45, 2.75) is 45.6 Å². The first-order valence-corrected chi connectivity index (χ1v) is 8.08. The van der Waals surface area contributed by atoms with Gasteiger partial charge in [0.15, 0.2) is 0 Å². The van der Waals surface area contributed by atoms with Gasteiger partial charge in [-0.2, -0.15) is 0 Å². The molecule has 3 nitrogen and oxygen atoms in total. The number of nitrogens with two attached hydrogens (primary N) is 1. The van der Waals surface area contributed by atoms with E-state index < -0.39 is 0 Å². The Morgan fingerprint density at radius 3 is 2.85 bits per heavy atom. The molecule has 1 heterocycles. The van der Waals surface area contributed by atoms with E-state index in [9.17, 15) is 4.79 Å². The summed E-state index contributed by atoms with van der Waals surface area (Å²) in [7, 11) is 0. The highest BCUT2D eigenvalue weighted by molar-refractivity contribution is 7.12. The molecule has 0 radical (unpaired) electrons. The molecule has 108 valence electrons. The van der Waals surface area contributed by atoms with Crippen molar-refractivity contribution >= 4 is 17.2 Å². The normalized spacial score (nSPS) is 16.5. The molecule has 0 atom stereocenters. The van der Waals surface area contributed by atoms with Gasteiger partial charge in [0.1, 0.15) is 0 Å². The van der Waals surface area contributed by atoms with Crippen molar-refractivity contribution < 1.29 is 4.79 Å². The molecule has 4 heteroatoms. The van der Waals surface area contributed by atoms with Crippen molar-refractivity contribution in [3.63, 3.8) is 0 Å². The van der Waals surface area contributed by atoms with Gasteiger partial charge in [0.05, 0.1) is 18.0 Å². The van der Waals surface area contributed by atoms with E-state index in [0.717, 1.165) is 29.0 Å². The van der Waals surface area contributed by atoms with Crippen LogP contribution in [0, 0.1) is 17.3 Å². The smallest absolute Gasteiger partial charge is 0.226 e. The zero-order valence-corrected chi connectivity index (χ0v) is 12.8. The van der Waals surface area contributed by atoms with Crippen LogP contribution in [0.1, 0.15) is 48.8 Å². The predicted molar refractivity (Wildman–Crippen MR) is 83.3 cm³/mol. The third-order valence-corrected chi connectivity index (χ3v) is 5.12. The molecule has 0 spiro atoms. The first-order valence-electron chi connectivity index (χ1n) is 7.26. The van der Waals surface area contributed by atoms with Gasteiger partial charge in [0, 0.05) is 10.3 Å². The van der Waals surface area contributed by atoms with Crippen molar-refractivity contribution in [3.8, 4) is 11.8 Å². The van der Waals surface area contributed by atoms with Crippen LogP contribution in [0.3, 0.4) is 0 Å². The van der Waals surface area contributed by atoms with Crippen molar-refractivity contribution in [1.29, 1.82) is 0 Å². The summed E-state index contributed by atoms with van der Waals surface area (Å²) in [5.74, 6) is 6.08. The minimum absolute atomic E-state index is 0.112. The first-order chi connectivity index (χ1) is 9.70. The summed E-state index contributed by atoms with van der Waals surface area (Å²) in [6, 6.07) is 4.01. The van der Waals surface area contributed by atoms with Crippen LogP contribution in [-0.2, 0) is 11.3 Å². The van der Waals surface area contributed by atoms with Gasteiger partial charge in [0.2, 0.25) is 5.91 Å². The fourth-order valence-electron chi connectivity index (χ4n) is 2.83. The monoisotopic (exact) mass is 290 g/mol. The number of amides is 1. The number of hydrogen-bond acceptors (Lipinski definition) is 3. The molecule has 0 saturated heterocycles. The molecule has 1 amide bonds. The lowest BCUT2D eigenvalue weighted by Crippen LogP contribution is -2.38. The highest BCUT2D eigenvalue weighted by Crippen LogP contribution is 2.41. The van der Waals surface area contributed by atoms with Gasteiger partial charge in [-0.15, -0.1) is 11.3 Å². The molecule has 1 aromatic heterocycles. The van der Waals surface area contributed by atoms with E-state index in [1.807, 2.05) is 12.1 Å². The van der Waals surface area contributed by atoms with Crippen LogP contribution in [0.15, 0.2) is 12.1 Å². The molecule has 3 N–H and O–H groups in total. The lowest BCUT2D eigenvalue weighted by atomic mass is 9.82. The number of carbonyl (C=O) groups excluding carboxylic acids is 1. The quantitative estimate of drug-likeness (QED) is 0.838. The number of rotatable bonds is 4. The third kappa shape index (κ3) is 3.41. The van der Waals surface area contributed by atoms with Crippen LogP contribution in [-0.4, -0.2) is 12.5 Å². The van der Waals surface area contributed by atoms with E-state index in [0.29, 0.717) is 13.1 Å². The average Bonchev–Trinajstić information content (AvgIpc) is 3.12. The standard InChI is InChI=1S/C16H22N2OS/c1-2-16(9-3-4-10-16)15(19)18-12-14-8-7-13(20-14)6-5-11-17/h7-8H,2-4,9-12,17H2,1H3,(H,18,19). The maximum atomic E-state index is 12.4. The first kappa shape index (κ1) is 15.1. The minimum atomic E-state index is -0.112. The fourth-order valence-corrected chi connectivity index (χ4v) is 3.65. The molecule has 2 rings (SSSR count). The van der Waals surface area contributed by atoms with Gasteiger partial charge in [-0.1, -0.05) is 31.6 Å². The van der Waals surface area contributed by atoms with Crippen molar-refractivity contribution in [3.05, 3.63) is 21.9 Å². The highest BCUT2D eigenvalue weighted by Gasteiger charge is 2.38. The summed E-state index contributed by atoms with van der Waals surface area (Å²) in [6.07, 6.45) is 5.37. The zero-order chi connectivity index (χ0) is 14.4. The maximum Gasteiger partial charge on any atom is 0.226 e. The Morgan fingerprint density at radius 1 is 1.45 bits per heavy atom. The number of nitrogens with one attached hydrogen (secondary N) is 1. The molecular weight excluding hydrogens is 268 g/mol. The molecule has 0 unspecified atom stereocenters. The van der Waals surface area contributed by atoms with Crippen molar-refractivity contribution in [1.82, 2.24) is 5.32 Å². The Balaban J connectivity index is 1.91. The average molecular weight is 290 g/mol. The fraction of sp³-hybridized carbons (Fsp3) is 0.562. The van der Waals surface area contributed by atoms with Gasteiger partial charge in [-0.3, -0.25) is 4.79 Å². The SMILES string of the molecule is CCC1(C(=O)NCc2ccc(C#CCN)s2)CCCC1. The summed E-state index contributed by atoms with van der Waals surface area (Å²) in [5.41, 5.74) is 5.24. The molecule has 0 aliphatic heterocycles. The Kier molecular flexibility index (Phi) is 5.22. The van der Waals surface area contributed by atoms with Crippen molar-refractivity contribution in [2.24, 2.45) is 11.1 Å². The molecular formula is C16H22N2OS. The molecule has 1 saturated carbocycles. The van der Waals surface area contributed by atoms with E-state index in [1.54, 1.807) is 11.3 Å². The second-order valence-corrected chi connectivity index (χ2v) is 6.46. The van der Waals surface area contributed by atoms with Gasteiger partial charge in [0.25, 0.3) is 0 Å². The lowest BCUT2D eigenvalue weighted by molar-refractivity contribution is -0.131. The summed E-state index contributed by atoms with van der Waals surface area (Å²) < 4.78 is 0. The molecule has 1 aliphatic carbocycles. The molecule has 0 bridgehead atoms.